The van der Waals surface area contributed by atoms with Crippen molar-refractivity contribution in [2.45, 2.75) is 13.8 Å². The molecule has 0 saturated carbocycles. The third-order valence-electron chi connectivity index (χ3n) is 3.17. The van der Waals surface area contributed by atoms with E-state index in [1.54, 1.807) is 0 Å². The van der Waals surface area contributed by atoms with Crippen LogP contribution in [0.3, 0.4) is 0 Å². The maximum Gasteiger partial charge on any atom is 0.146 e. The van der Waals surface area contributed by atoms with Gasteiger partial charge in [0.15, 0.2) is 0 Å². The minimum atomic E-state index is 0.452. The van der Waals surface area contributed by atoms with Gasteiger partial charge in [-0.15, -0.1) is 10.2 Å². The molecule has 0 radical (unpaired) electrons. The SMILES string of the molecule is Cc1cc(N)nnc1-c1ccc2c(C)c[nH]c2c1. The highest BCUT2D eigenvalue weighted by Crippen LogP contribution is 2.26. The highest BCUT2D eigenvalue weighted by atomic mass is 15.1. The normalized spacial score (nSPS) is 11.0. The summed E-state index contributed by atoms with van der Waals surface area (Å²) in [5.41, 5.74) is 10.9. The topological polar surface area (TPSA) is 67.6 Å². The average molecular weight is 238 g/mol. The van der Waals surface area contributed by atoms with Crippen LogP contribution in [0.4, 0.5) is 5.82 Å². The number of nitrogens with zero attached hydrogens (tertiary/aromatic N) is 2. The van der Waals surface area contributed by atoms with Crippen LogP contribution in [-0.4, -0.2) is 15.2 Å². The first-order valence-electron chi connectivity index (χ1n) is 5.83. The molecule has 0 aliphatic heterocycles. The van der Waals surface area contributed by atoms with Crippen molar-refractivity contribution in [3.8, 4) is 11.3 Å². The molecular formula is C14H14N4. The van der Waals surface area contributed by atoms with Gasteiger partial charge in [0, 0.05) is 22.7 Å². The summed E-state index contributed by atoms with van der Waals surface area (Å²) < 4.78 is 0. The number of hydrogen-bond donors (Lipinski definition) is 2. The van der Waals surface area contributed by atoms with Gasteiger partial charge in [-0.2, -0.15) is 0 Å². The Kier molecular flexibility index (Phi) is 2.30. The van der Waals surface area contributed by atoms with Gasteiger partial charge < -0.3 is 10.7 Å². The Hall–Kier alpha value is -2.36. The molecule has 0 fully saturated rings. The Morgan fingerprint density at radius 2 is 1.89 bits per heavy atom. The van der Waals surface area contributed by atoms with Crippen LogP contribution in [0.25, 0.3) is 22.2 Å². The number of benzene rings is 1. The largest absolute Gasteiger partial charge is 0.382 e. The van der Waals surface area contributed by atoms with E-state index in [1.165, 1.54) is 10.9 Å². The molecular weight excluding hydrogens is 224 g/mol. The molecule has 3 N–H and O–H groups in total. The van der Waals surface area contributed by atoms with Crippen LogP contribution in [0.5, 0.6) is 0 Å². The molecule has 18 heavy (non-hydrogen) atoms. The fraction of sp³-hybridized carbons (Fsp3) is 0.143. The predicted octanol–water partition coefficient (Wildman–Crippen LogP) is 2.82. The van der Waals surface area contributed by atoms with Crippen molar-refractivity contribution in [1.29, 1.82) is 0 Å². The summed E-state index contributed by atoms with van der Waals surface area (Å²) in [6.45, 7) is 4.08. The zero-order valence-corrected chi connectivity index (χ0v) is 10.4. The first kappa shape index (κ1) is 10.8. The molecule has 90 valence electrons. The Labute approximate surface area is 105 Å². The second-order valence-corrected chi connectivity index (χ2v) is 4.53. The summed E-state index contributed by atoms with van der Waals surface area (Å²) in [7, 11) is 0. The molecule has 0 aliphatic carbocycles. The summed E-state index contributed by atoms with van der Waals surface area (Å²) in [6, 6.07) is 8.10. The first-order chi connectivity index (χ1) is 8.65. The van der Waals surface area contributed by atoms with E-state index < -0.39 is 0 Å². The molecule has 4 heteroatoms. The summed E-state index contributed by atoms with van der Waals surface area (Å²) in [4.78, 5) is 3.26. The lowest BCUT2D eigenvalue weighted by Gasteiger charge is -2.05. The van der Waals surface area contributed by atoms with Gasteiger partial charge in [0.2, 0.25) is 0 Å². The summed E-state index contributed by atoms with van der Waals surface area (Å²) in [5, 5.41) is 9.33. The highest BCUT2D eigenvalue weighted by molar-refractivity contribution is 5.87. The van der Waals surface area contributed by atoms with Crippen molar-refractivity contribution in [1.82, 2.24) is 15.2 Å². The quantitative estimate of drug-likeness (QED) is 0.685. The number of hydrogen-bond acceptors (Lipinski definition) is 3. The summed E-state index contributed by atoms with van der Waals surface area (Å²) >= 11 is 0. The van der Waals surface area contributed by atoms with E-state index in [1.807, 2.05) is 19.2 Å². The molecule has 3 aromatic rings. The Morgan fingerprint density at radius 3 is 2.67 bits per heavy atom. The fourth-order valence-electron chi connectivity index (χ4n) is 2.21. The van der Waals surface area contributed by atoms with E-state index in [4.69, 9.17) is 5.73 Å². The third-order valence-corrected chi connectivity index (χ3v) is 3.17. The number of rotatable bonds is 1. The van der Waals surface area contributed by atoms with E-state index in [0.29, 0.717) is 5.82 Å². The van der Waals surface area contributed by atoms with E-state index in [-0.39, 0.29) is 0 Å². The van der Waals surface area contributed by atoms with Gasteiger partial charge in [-0.05, 0) is 37.1 Å². The zero-order valence-electron chi connectivity index (χ0n) is 10.4. The maximum absolute atomic E-state index is 5.62. The smallest absolute Gasteiger partial charge is 0.146 e. The van der Waals surface area contributed by atoms with E-state index in [9.17, 15) is 0 Å². The fourth-order valence-corrected chi connectivity index (χ4v) is 2.21. The lowest BCUT2D eigenvalue weighted by Crippen LogP contribution is -1.97. The van der Waals surface area contributed by atoms with Crippen LogP contribution < -0.4 is 5.73 Å². The lowest BCUT2D eigenvalue weighted by molar-refractivity contribution is 1.03. The van der Waals surface area contributed by atoms with Gasteiger partial charge in [0.1, 0.15) is 5.82 Å². The number of aromatic nitrogens is 3. The van der Waals surface area contributed by atoms with Crippen LogP contribution in [-0.2, 0) is 0 Å². The van der Waals surface area contributed by atoms with Crippen LogP contribution in [0.2, 0.25) is 0 Å². The average Bonchev–Trinajstić information content (AvgIpc) is 2.71. The minimum absolute atomic E-state index is 0.452. The van der Waals surface area contributed by atoms with Crippen molar-refractivity contribution in [3.05, 3.63) is 41.6 Å². The lowest BCUT2D eigenvalue weighted by atomic mass is 10.1. The predicted molar refractivity (Wildman–Crippen MR) is 73.2 cm³/mol. The second kappa shape index (κ2) is 3.84. The van der Waals surface area contributed by atoms with E-state index in [0.717, 1.165) is 22.3 Å². The number of anilines is 1. The summed E-state index contributed by atoms with van der Waals surface area (Å²) in [5.74, 6) is 0.452. The zero-order chi connectivity index (χ0) is 12.7. The van der Waals surface area contributed by atoms with E-state index >= 15 is 0 Å². The Morgan fingerprint density at radius 1 is 1.06 bits per heavy atom. The van der Waals surface area contributed by atoms with Crippen molar-refractivity contribution < 1.29 is 0 Å². The molecule has 0 saturated heterocycles. The number of H-pyrrole nitrogens is 1. The van der Waals surface area contributed by atoms with Crippen LogP contribution in [0, 0.1) is 13.8 Å². The number of aryl methyl sites for hydroxylation is 2. The van der Waals surface area contributed by atoms with Crippen molar-refractivity contribution in [3.63, 3.8) is 0 Å². The molecule has 2 heterocycles. The molecule has 3 rings (SSSR count). The number of fused-ring (bicyclic) bond motifs is 1. The number of nitrogens with one attached hydrogen (secondary N) is 1. The van der Waals surface area contributed by atoms with Gasteiger partial charge in [0.05, 0.1) is 5.69 Å². The van der Waals surface area contributed by atoms with Gasteiger partial charge in [-0.3, -0.25) is 0 Å². The summed E-state index contributed by atoms with van der Waals surface area (Å²) in [6.07, 6.45) is 2.01. The second-order valence-electron chi connectivity index (χ2n) is 4.53. The first-order valence-corrected chi connectivity index (χ1v) is 5.83. The number of aromatic amines is 1. The van der Waals surface area contributed by atoms with Crippen LogP contribution >= 0.6 is 0 Å². The highest BCUT2D eigenvalue weighted by Gasteiger charge is 2.07. The van der Waals surface area contributed by atoms with Gasteiger partial charge in [-0.25, -0.2) is 0 Å². The van der Waals surface area contributed by atoms with Crippen LogP contribution in [0.15, 0.2) is 30.5 Å². The molecule has 4 nitrogen and oxygen atoms in total. The third kappa shape index (κ3) is 1.62. The van der Waals surface area contributed by atoms with Gasteiger partial charge in [-0.1, -0.05) is 12.1 Å². The Balaban J connectivity index is 2.19. The van der Waals surface area contributed by atoms with Gasteiger partial charge in [0.25, 0.3) is 0 Å². The molecule has 0 bridgehead atoms. The number of nitrogen functional groups attached to an aromatic ring is 1. The Bertz CT molecular complexity index is 728. The monoisotopic (exact) mass is 238 g/mol. The van der Waals surface area contributed by atoms with Gasteiger partial charge >= 0.3 is 0 Å². The minimum Gasteiger partial charge on any atom is -0.382 e. The van der Waals surface area contributed by atoms with E-state index in [2.05, 4.69) is 40.3 Å². The van der Waals surface area contributed by atoms with Crippen LogP contribution in [0.1, 0.15) is 11.1 Å². The molecule has 2 aromatic heterocycles. The molecule has 0 spiro atoms. The van der Waals surface area contributed by atoms with Crippen molar-refractivity contribution in [2.75, 3.05) is 5.73 Å². The molecule has 0 unspecified atom stereocenters. The molecule has 0 amide bonds. The molecule has 0 aliphatic rings. The number of nitrogens with two attached hydrogens (primary N) is 1. The van der Waals surface area contributed by atoms with Crippen molar-refractivity contribution >= 4 is 16.7 Å². The maximum atomic E-state index is 5.62. The molecule has 1 aromatic carbocycles. The van der Waals surface area contributed by atoms with Crippen molar-refractivity contribution in [2.24, 2.45) is 0 Å². The standard InChI is InChI=1S/C14H14N4/c1-8-5-13(15)17-18-14(8)10-3-4-11-9(2)7-16-12(11)6-10/h3-7,16H,1-2H3,(H2,15,17). The molecule has 0 atom stereocenters.